The molecule has 2 aromatic rings. The number of hydrogen-bond acceptors (Lipinski definition) is 4. The van der Waals surface area contributed by atoms with Gasteiger partial charge in [-0.2, -0.15) is 0 Å². The van der Waals surface area contributed by atoms with E-state index in [-0.39, 0.29) is 29.8 Å². The molecule has 0 heterocycles. The topological polar surface area (TPSA) is 75.7 Å². The highest BCUT2D eigenvalue weighted by Gasteiger charge is 2.21. The van der Waals surface area contributed by atoms with E-state index in [0.29, 0.717) is 6.42 Å². The Bertz CT molecular complexity index is 899. The quantitative estimate of drug-likeness (QED) is 0.636. The lowest BCUT2D eigenvalue weighted by Gasteiger charge is -2.19. The SMILES string of the molecule is CCC(NC(=O)CCCN(C)S(=O)(=O)c1ccc(F)cc1)c1ccc(OC)cc1. The van der Waals surface area contributed by atoms with Gasteiger partial charge in [0.15, 0.2) is 0 Å². The van der Waals surface area contributed by atoms with Crippen LogP contribution in [0.3, 0.4) is 0 Å². The highest BCUT2D eigenvalue weighted by atomic mass is 32.2. The molecule has 0 radical (unpaired) electrons. The predicted molar refractivity (Wildman–Crippen MR) is 110 cm³/mol. The second-order valence-electron chi connectivity index (χ2n) is 6.69. The summed E-state index contributed by atoms with van der Waals surface area (Å²) in [7, 11) is -0.662. The fraction of sp³-hybridized carbons (Fsp3) is 0.381. The predicted octanol–water partition coefficient (Wildman–Crippen LogP) is 3.50. The van der Waals surface area contributed by atoms with Crippen LogP contribution in [0.2, 0.25) is 0 Å². The van der Waals surface area contributed by atoms with E-state index in [1.54, 1.807) is 7.11 Å². The highest BCUT2D eigenvalue weighted by molar-refractivity contribution is 7.89. The van der Waals surface area contributed by atoms with Crippen molar-refractivity contribution in [3.63, 3.8) is 0 Å². The molecule has 0 saturated heterocycles. The van der Waals surface area contributed by atoms with Crippen LogP contribution in [0.1, 0.15) is 37.8 Å². The van der Waals surface area contributed by atoms with Crippen LogP contribution in [0.4, 0.5) is 4.39 Å². The summed E-state index contributed by atoms with van der Waals surface area (Å²) in [6.45, 7) is 2.17. The van der Waals surface area contributed by atoms with Crippen molar-refractivity contribution in [1.82, 2.24) is 9.62 Å². The fourth-order valence-electron chi connectivity index (χ4n) is 2.89. The van der Waals surface area contributed by atoms with Gasteiger partial charge in [0.1, 0.15) is 11.6 Å². The number of nitrogens with one attached hydrogen (secondary N) is 1. The Labute approximate surface area is 171 Å². The first-order valence-corrected chi connectivity index (χ1v) is 10.9. The third-order valence-electron chi connectivity index (χ3n) is 4.66. The average Bonchev–Trinajstić information content (AvgIpc) is 2.72. The molecule has 158 valence electrons. The number of methoxy groups -OCH3 is 1. The van der Waals surface area contributed by atoms with E-state index in [0.717, 1.165) is 29.9 Å². The summed E-state index contributed by atoms with van der Waals surface area (Å²) in [5.41, 5.74) is 0.984. The van der Waals surface area contributed by atoms with Gasteiger partial charge < -0.3 is 10.1 Å². The van der Waals surface area contributed by atoms with E-state index in [2.05, 4.69) is 5.32 Å². The van der Waals surface area contributed by atoms with Crippen molar-refractivity contribution in [1.29, 1.82) is 0 Å². The Morgan fingerprint density at radius 1 is 1.14 bits per heavy atom. The molecule has 0 bridgehead atoms. The standard InChI is InChI=1S/C21H27FN2O4S/c1-4-20(16-7-11-18(28-3)12-8-16)23-21(25)6-5-15-24(2)29(26,27)19-13-9-17(22)10-14-19/h7-14,20H,4-6,15H2,1-3H3,(H,23,25). The first-order chi connectivity index (χ1) is 13.8. The van der Waals surface area contributed by atoms with E-state index < -0.39 is 15.8 Å². The van der Waals surface area contributed by atoms with Gasteiger partial charge in [0.2, 0.25) is 15.9 Å². The first-order valence-electron chi connectivity index (χ1n) is 9.43. The van der Waals surface area contributed by atoms with E-state index in [9.17, 15) is 17.6 Å². The van der Waals surface area contributed by atoms with Crippen LogP contribution in [0, 0.1) is 5.82 Å². The molecule has 0 aromatic heterocycles. The molecular formula is C21H27FN2O4S. The minimum Gasteiger partial charge on any atom is -0.497 e. The zero-order valence-electron chi connectivity index (χ0n) is 16.9. The van der Waals surface area contributed by atoms with Crippen molar-refractivity contribution < 1.29 is 22.3 Å². The summed E-state index contributed by atoms with van der Waals surface area (Å²) in [5.74, 6) is 0.117. The van der Waals surface area contributed by atoms with Crippen LogP contribution in [-0.4, -0.2) is 39.3 Å². The molecule has 1 atom stereocenters. The molecule has 0 fully saturated rings. The van der Waals surface area contributed by atoms with Gasteiger partial charge >= 0.3 is 0 Å². The van der Waals surface area contributed by atoms with Gasteiger partial charge in [0, 0.05) is 20.0 Å². The van der Waals surface area contributed by atoms with Crippen LogP contribution < -0.4 is 10.1 Å². The maximum atomic E-state index is 13.0. The molecule has 0 aliphatic heterocycles. The number of ether oxygens (including phenoxy) is 1. The monoisotopic (exact) mass is 422 g/mol. The van der Waals surface area contributed by atoms with Crippen molar-refractivity contribution in [2.45, 2.75) is 37.1 Å². The number of rotatable bonds is 10. The molecule has 2 aromatic carbocycles. The Kier molecular flexibility index (Phi) is 8.16. The first kappa shape index (κ1) is 22.8. The lowest BCUT2D eigenvalue weighted by atomic mass is 10.0. The van der Waals surface area contributed by atoms with E-state index in [1.807, 2.05) is 31.2 Å². The van der Waals surface area contributed by atoms with Crippen molar-refractivity contribution >= 4 is 15.9 Å². The van der Waals surface area contributed by atoms with Gasteiger partial charge in [-0.1, -0.05) is 19.1 Å². The summed E-state index contributed by atoms with van der Waals surface area (Å²) in [6, 6.07) is 12.1. The molecule has 1 N–H and O–H groups in total. The number of benzene rings is 2. The minimum atomic E-state index is -3.71. The van der Waals surface area contributed by atoms with Gasteiger partial charge in [-0.15, -0.1) is 0 Å². The molecule has 0 spiro atoms. The van der Waals surface area contributed by atoms with Crippen LogP contribution >= 0.6 is 0 Å². The Morgan fingerprint density at radius 2 is 1.76 bits per heavy atom. The summed E-state index contributed by atoms with van der Waals surface area (Å²) in [5, 5.41) is 2.98. The lowest BCUT2D eigenvalue weighted by Crippen LogP contribution is -2.31. The Morgan fingerprint density at radius 3 is 2.31 bits per heavy atom. The van der Waals surface area contributed by atoms with Gasteiger partial charge in [-0.3, -0.25) is 4.79 Å². The van der Waals surface area contributed by atoms with Crippen LogP contribution in [0.5, 0.6) is 5.75 Å². The molecule has 0 aliphatic rings. The zero-order chi connectivity index (χ0) is 21.4. The van der Waals surface area contributed by atoms with Crippen LogP contribution in [0.15, 0.2) is 53.4 Å². The minimum absolute atomic E-state index is 0.0244. The molecular weight excluding hydrogens is 395 g/mol. The lowest BCUT2D eigenvalue weighted by molar-refractivity contribution is -0.122. The summed E-state index contributed by atoms with van der Waals surface area (Å²) < 4.78 is 44.3. The van der Waals surface area contributed by atoms with Crippen molar-refractivity contribution in [2.75, 3.05) is 20.7 Å². The number of carbonyl (C=O) groups excluding carboxylic acids is 1. The third-order valence-corrected chi connectivity index (χ3v) is 6.53. The summed E-state index contributed by atoms with van der Waals surface area (Å²) >= 11 is 0. The van der Waals surface area contributed by atoms with Gasteiger partial charge in [0.05, 0.1) is 18.0 Å². The maximum Gasteiger partial charge on any atom is 0.242 e. The van der Waals surface area contributed by atoms with E-state index in [4.69, 9.17) is 4.74 Å². The van der Waals surface area contributed by atoms with Crippen molar-refractivity contribution in [2.24, 2.45) is 0 Å². The second kappa shape index (κ2) is 10.4. The molecule has 29 heavy (non-hydrogen) atoms. The smallest absolute Gasteiger partial charge is 0.242 e. The largest absolute Gasteiger partial charge is 0.497 e. The highest BCUT2D eigenvalue weighted by Crippen LogP contribution is 2.20. The molecule has 1 unspecified atom stereocenters. The molecule has 0 saturated carbocycles. The Balaban J connectivity index is 1.86. The number of halogens is 1. The van der Waals surface area contributed by atoms with Gasteiger partial charge in [0.25, 0.3) is 0 Å². The molecule has 0 aliphatic carbocycles. The van der Waals surface area contributed by atoms with E-state index in [1.165, 1.54) is 23.5 Å². The Hall–Kier alpha value is -2.45. The summed E-state index contributed by atoms with van der Waals surface area (Å²) in [4.78, 5) is 12.3. The average molecular weight is 423 g/mol. The number of nitrogens with zero attached hydrogens (tertiary/aromatic N) is 1. The number of sulfonamides is 1. The van der Waals surface area contributed by atoms with Gasteiger partial charge in [-0.25, -0.2) is 17.1 Å². The second-order valence-corrected chi connectivity index (χ2v) is 8.73. The van der Waals surface area contributed by atoms with Crippen LogP contribution in [-0.2, 0) is 14.8 Å². The zero-order valence-corrected chi connectivity index (χ0v) is 17.7. The number of carbonyl (C=O) groups is 1. The third kappa shape index (κ3) is 6.27. The molecule has 8 heteroatoms. The molecule has 6 nitrogen and oxygen atoms in total. The molecule has 2 rings (SSSR count). The van der Waals surface area contributed by atoms with Crippen molar-refractivity contribution in [3.05, 3.63) is 59.9 Å². The van der Waals surface area contributed by atoms with Gasteiger partial charge in [-0.05, 0) is 54.8 Å². The normalized spacial score (nSPS) is 12.6. The van der Waals surface area contributed by atoms with E-state index >= 15 is 0 Å². The fourth-order valence-corrected chi connectivity index (χ4v) is 4.10. The number of amides is 1. The van der Waals surface area contributed by atoms with Crippen LogP contribution in [0.25, 0.3) is 0 Å². The summed E-state index contributed by atoms with van der Waals surface area (Å²) in [6.07, 6.45) is 1.31. The van der Waals surface area contributed by atoms with Crippen molar-refractivity contribution in [3.8, 4) is 5.75 Å². The number of hydrogen-bond donors (Lipinski definition) is 1. The molecule has 1 amide bonds. The maximum absolute atomic E-state index is 13.0.